The number of pyridine rings is 1. The summed E-state index contributed by atoms with van der Waals surface area (Å²) in [6.07, 6.45) is 1.51. The minimum absolute atomic E-state index is 0.169. The van der Waals surface area contributed by atoms with Gasteiger partial charge in [-0.3, -0.25) is 4.79 Å². The highest BCUT2D eigenvalue weighted by molar-refractivity contribution is 9.10. The van der Waals surface area contributed by atoms with Gasteiger partial charge in [-0.15, -0.1) is 0 Å². The first-order valence-corrected chi connectivity index (χ1v) is 6.98. The molecule has 0 bridgehead atoms. The van der Waals surface area contributed by atoms with E-state index in [1.807, 2.05) is 32.9 Å². The highest BCUT2D eigenvalue weighted by Crippen LogP contribution is 2.24. The van der Waals surface area contributed by atoms with E-state index in [4.69, 9.17) is 5.73 Å². The number of benzene rings is 1. The molecule has 0 aliphatic heterocycles. The fourth-order valence-corrected chi connectivity index (χ4v) is 2.72. The molecule has 1 aromatic carbocycles. The number of nitrogens with zero attached hydrogens (tertiary/aromatic N) is 1. The van der Waals surface area contributed by atoms with Crippen LogP contribution in [0.15, 0.2) is 28.9 Å². The number of carbonyl (C=O) groups excluding carboxylic acids is 1. The zero-order chi connectivity index (χ0) is 14.9. The van der Waals surface area contributed by atoms with Gasteiger partial charge in [0.25, 0.3) is 5.91 Å². The molecule has 0 saturated heterocycles. The van der Waals surface area contributed by atoms with Crippen molar-refractivity contribution < 1.29 is 4.79 Å². The number of hydrogen-bond donors (Lipinski definition) is 2. The zero-order valence-electron chi connectivity index (χ0n) is 11.6. The third-order valence-corrected chi connectivity index (χ3v) is 3.60. The molecule has 0 aliphatic rings. The Kier molecular flexibility index (Phi) is 4.09. The number of amides is 1. The minimum Gasteiger partial charge on any atom is -0.397 e. The molecule has 0 atom stereocenters. The van der Waals surface area contributed by atoms with Gasteiger partial charge in [0.1, 0.15) is 5.82 Å². The van der Waals surface area contributed by atoms with Gasteiger partial charge >= 0.3 is 0 Å². The van der Waals surface area contributed by atoms with Gasteiger partial charge in [-0.05, 0) is 53.9 Å². The Labute approximate surface area is 126 Å². The summed E-state index contributed by atoms with van der Waals surface area (Å²) < 4.78 is 0.660. The Morgan fingerprint density at radius 2 is 1.80 bits per heavy atom. The molecule has 0 aliphatic carbocycles. The third-order valence-electron chi connectivity index (χ3n) is 3.00. The number of aryl methyl sites for hydroxylation is 3. The van der Waals surface area contributed by atoms with E-state index in [0.717, 1.165) is 16.7 Å². The normalized spacial score (nSPS) is 10.4. The molecule has 4 nitrogen and oxygen atoms in total. The topological polar surface area (TPSA) is 68.0 Å². The van der Waals surface area contributed by atoms with Gasteiger partial charge < -0.3 is 11.1 Å². The van der Waals surface area contributed by atoms with Crippen LogP contribution in [0.25, 0.3) is 0 Å². The lowest BCUT2D eigenvalue weighted by Gasteiger charge is -2.12. The smallest absolute Gasteiger partial charge is 0.257 e. The lowest BCUT2D eigenvalue weighted by atomic mass is 9.99. The maximum Gasteiger partial charge on any atom is 0.257 e. The Bertz CT molecular complexity index is 660. The van der Waals surface area contributed by atoms with Crippen LogP contribution in [0.5, 0.6) is 0 Å². The van der Waals surface area contributed by atoms with Crippen LogP contribution in [0, 0.1) is 20.8 Å². The largest absolute Gasteiger partial charge is 0.397 e. The summed E-state index contributed by atoms with van der Waals surface area (Å²) in [4.78, 5) is 16.5. The molecular formula is C15H16BrN3O. The van der Waals surface area contributed by atoms with E-state index in [0.29, 0.717) is 21.5 Å². The maximum atomic E-state index is 12.4. The molecule has 1 aromatic heterocycles. The second-order valence-electron chi connectivity index (χ2n) is 4.83. The van der Waals surface area contributed by atoms with E-state index in [1.165, 1.54) is 6.20 Å². The van der Waals surface area contributed by atoms with Crippen molar-refractivity contribution in [3.8, 4) is 0 Å². The second-order valence-corrected chi connectivity index (χ2v) is 5.68. The van der Waals surface area contributed by atoms with Crippen molar-refractivity contribution in [1.29, 1.82) is 0 Å². The van der Waals surface area contributed by atoms with Crippen molar-refractivity contribution in [1.82, 2.24) is 4.98 Å². The third kappa shape index (κ3) is 2.99. The van der Waals surface area contributed by atoms with Crippen molar-refractivity contribution in [3.63, 3.8) is 0 Å². The Morgan fingerprint density at radius 1 is 1.20 bits per heavy atom. The van der Waals surface area contributed by atoms with Crippen LogP contribution in [0.4, 0.5) is 11.5 Å². The van der Waals surface area contributed by atoms with Crippen LogP contribution in [0.3, 0.4) is 0 Å². The van der Waals surface area contributed by atoms with Crippen LogP contribution in [0.2, 0.25) is 0 Å². The van der Waals surface area contributed by atoms with E-state index in [9.17, 15) is 4.79 Å². The summed E-state index contributed by atoms with van der Waals surface area (Å²) in [5, 5.41) is 2.80. The second kappa shape index (κ2) is 5.63. The van der Waals surface area contributed by atoms with Crippen LogP contribution in [-0.4, -0.2) is 10.9 Å². The molecule has 1 heterocycles. The van der Waals surface area contributed by atoms with Crippen LogP contribution in [0.1, 0.15) is 27.0 Å². The summed E-state index contributed by atoms with van der Waals surface area (Å²) in [6.45, 7) is 5.88. The van der Waals surface area contributed by atoms with Crippen molar-refractivity contribution >= 4 is 33.3 Å². The quantitative estimate of drug-likeness (QED) is 0.882. The average molecular weight is 334 g/mol. The van der Waals surface area contributed by atoms with E-state index < -0.39 is 0 Å². The lowest BCUT2D eigenvalue weighted by molar-refractivity contribution is 0.102. The molecule has 104 valence electrons. The predicted octanol–water partition coefficient (Wildman–Crippen LogP) is 3.60. The number of aromatic nitrogens is 1. The molecule has 0 saturated carbocycles. The van der Waals surface area contributed by atoms with Gasteiger partial charge in [0.15, 0.2) is 0 Å². The Morgan fingerprint density at radius 3 is 2.35 bits per heavy atom. The first kappa shape index (κ1) is 14.5. The number of anilines is 2. The molecule has 5 heteroatoms. The number of hydrogen-bond acceptors (Lipinski definition) is 3. The molecule has 0 unspecified atom stereocenters. The predicted molar refractivity (Wildman–Crippen MR) is 85.0 cm³/mol. The first-order valence-electron chi connectivity index (χ1n) is 6.18. The maximum absolute atomic E-state index is 12.4. The van der Waals surface area contributed by atoms with Crippen molar-refractivity contribution in [2.24, 2.45) is 0 Å². The Balaban J connectivity index is 2.33. The van der Waals surface area contributed by atoms with Crippen LogP contribution in [-0.2, 0) is 0 Å². The fraction of sp³-hybridized carbons (Fsp3) is 0.200. The number of rotatable bonds is 2. The molecular weight excluding hydrogens is 318 g/mol. The van der Waals surface area contributed by atoms with Gasteiger partial charge in [0, 0.05) is 5.56 Å². The van der Waals surface area contributed by atoms with Crippen molar-refractivity contribution in [2.75, 3.05) is 11.1 Å². The van der Waals surface area contributed by atoms with Crippen LogP contribution < -0.4 is 11.1 Å². The molecule has 2 aromatic rings. The highest BCUT2D eigenvalue weighted by atomic mass is 79.9. The monoisotopic (exact) mass is 333 g/mol. The van der Waals surface area contributed by atoms with E-state index in [-0.39, 0.29) is 5.91 Å². The zero-order valence-corrected chi connectivity index (χ0v) is 13.2. The Hall–Kier alpha value is -1.88. The van der Waals surface area contributed by atoms with Crippen LogP contribution >= 0.6 is 15.9 Å². The van der Waals surface area contributed by atoms with Gasteiger partial charge in [-0.2, -0.15) is 0 Å². The molecule has 0 radical (unpaired) electrons. The fourth-order valence-electron chi connectivity index (χ4n) is 2.25. The van der Waals surface area contributed by atoms with Gasteiger partial charge in [0.2, 0.25) is 0 Å². The van der Waals surface area contributed by atoms with E-state index >= 15 is 0 Å². The number of halogens is 1. The first-order chi connectivity index (χ1) is 9.38. The minimum atomic E-state index is -0.169. The van der Waals surface area contributed by atoms with Crippen molar-refractivity contribution in [3.05, 3.63) is 51.1 Å². The molecule has 20 heavy (non-hydrogen) atoms. The SMILES string of the molecule is Cc1cc(C)c(C(=O)Nc2ncc(N)cc2Br)c(C)c1. The highest BCUT2D eigenvalue weighted by Gasteiger charge is 2.14. The summed E-state index contributed by atoms with van der Waals surface area (Å²) in [6, 6.07) is 5.69. The number of nitrogens with two attached hydrogens (primary N) is 1. The molecule has 2 rings (SSSR count). The number of carbonyl (C=O) groups is 1. The summed E-state index contributed by atoms with van der Waals surface area (Å²) in [7, 11) is 0. The molecule has 1 amide bonds. The number of nitrogens with one attached hydrogen (secondary N) is 1. The summed E-state index contributed by atoms with van der Waals surface area (Å²) in [5.41, 5.74) is 9.89. The number of nitrogen functional groups attached to an aromatic ring is 1. The molecule has 0 spiro atoms. The van der Waals surface area contributed by atoms with Gasteiger partial charge in [0.05, 0.1) is 16.4 Å². The molecule has 3 N–H and O–H groups in total. The van der Waals surface area contributed by atoms with E-state index in [2.05, 4.69) is 26.2 Å². The lowest BCUT2D eigenvalue weighted by Crippen LogP contribution is -2.16. The standard InChI is InChI=1S/C15H16BrN3O/c1-8-4-9(2)13(10(3)5-8)15(20)19-14-12(16)6-11(17)7-18-14/h4-7H,17H2,1-3H3,(H,18,19,20). The van der Waals surface area contributed by atoms with Gasteiger partial charge in [-0.1, -0.05) is 17.7 Å². The van der Waals surface area contributed by atoms with E-state index in [1.54, 1.807) is 6.07 Å². The summed E-state index contributed by atoms with van der Waals surface area (Å²) in [5.74, 6) is 0.293. The van der Waals surface area contributed by atoms with Crippen molar-refractivity contribution in [2.45, 2.75) is 20.8 Å². The average Bonchev–Trinajstić information content (AvgIpc) is 2.31. The van der Waals surface area contributed by atoms with Gasteiger partial charge in [-0.25, -0.2) is 4.98 Å². The molecule has 0 fully saturated rings. The summed E-state index contributed by atoms with van der Waals surface area (Å²) >= 11 is 3.34.